The maximum atomic E-state index is 13.3. The number of nitrogens with zero attached hydrogens (tertiary/aromatic N) is 3. The van der Waals surface area contributed by atoms with Crippen LogP contribution in [0.15, 0.2) is 30.5 Å². The highest BCUT2D eigenvalue weighted by Crippen LogP contribution is 2.36. The van der Waals surface area contributed by atoms with E-state index in [4.69, 9.17) is 4.74 Å². The first-order valence-electron chi connectivity index (χ1n) is 9.72. The van der Waals surface area contributed by atoms with Crippen molar-refractivity contribution in [3.8, 4) is 5.88 Å². The SMILES string of the molecule is CCCCCOc1nc(N(CC)c2ccc(C(C)C)cc2)ncc1C(F)(F)F. The van der Waals surface area contributed by atoms with Crippen LogP contribution in [0.25, 0.3) is 0 Å². The molecule has 0 atom stereocenters. The molecule has 0 aliphatic heterocycles. The van der Waals surface area contributed by atoms with Crippen molar-refractivity contribution in [3.05, 3.63) is 41.6 Å². The van der Waals surface area contributed by atoms with Crippen LogP contribution in [0.2, 0.25) is 0 Å². The quantitative estimate of drug-likeness (QED) is 0.464. The van der Waals surface area contributed by atoms with Gasteiger partial charge in [-0.15, -0.1) is 0 Å². The van der Waals surface area contributed by atoms with E-state index < -0.39 is 17.6 Å². The zero-order valence-electron chi connectivity index (χ0n) is 16.9. The van der Waals surface area contributed by atoms with Crippen molar-refractivity contribution >= 4 is 11.6 Å². The molecule has 0 aliphatic rings. The van der Waals surface area contributed by atoms with Gasteiger partial charge in [0.1, 0.15) is 5.56 Å². The van der Waals surface area contributed by atoms with Gasteiger partial charge in [0.15, 0.2) is 0 Å². The zero-order chi connectivity index (χ0) is 20.7. The van der Waals surface area contributed by atoms with Gasteiger partial charge in [-0.25, -0.2) is 4.98 Å². The molecule has 0 bridgehead atoms. The van der Waals surface area contributed by atoms with Crippen LogP contribution in [-0.4, -0.2) is 23.1 Å². The number of unbranched alkanes of at least 4 members (excludes halogenated alkanes) is 2. The van der Waals surface area contributed by atoms with Gasteiger partial charge in [0, 0.05) is 18.4 Å². The second-order valence-corrected chi connectivity index (χ2v) is 6.93. The van der Waals surface area contributed by atoms with Crippen molar-refractivity contribution in [3.63, 3.8) is 0 Å². The minimum Gasteiger partial charge on any atom is -0.477 e. The molecule has 154 valence electrons. The van der Waals surface area contributed by atoms with E-state index in [0.717, 1.165) is 24.7 Å². The average molecular weight is 395 g/mol. The van der Waals surface area contributed by atoms with Crippen LogP contribution in [-0.2, 0) is 6.18 Å². The van der Waals surface area contributed by atoms with Crippen molar-refractivity contribution < 1.29 is 17.9 Å². The van der Waals surface area contributed by atoms with Gasteiger partial charge in [0.25, 0.3) is 0 Å². The summed E-state index contributed by atoms with van der Waals surface area (Å²) in [6, 6.07) is 7.88. The maximum Gasteiger partial charge on any atom is 0.423 e. The molecule has 28 heavy (non-hydrogen) atoms. The second kappa shape index (κ2) is 9.75. The largest absolute Gasteiger partial charge is 0.477 e. The number of hydrogen-bond acceptors (Lipinski definition) is 4. The molecule has 0 N–H and O–H groups in total. The van der Waals surface area contributed by atoms with Crippen molar-refractivity contribution in [2.75, 3.05) is 18.1 Å². The van der Waals surface area contributed by atoms with Gasteiger partial charge in [-0.05, 0) is 37.0 Å². The third kappa shape index (κ3) is 5.59. The Balaban J connectivity index is 2.33. The normalized spacial score (nSPS) is 11.7. The van der Waals surface area contributed by atoms with E-state index in [1.54, 1.807) is 4.90 Å². The molecule has 0 unspecified atom stereocenters. The highest BCUT2D eigenvalue weighted by atomic mass is 19.4. The van der Waals surface area contributed by atoms with Crippen LogP contribution in [0.3, 0.4) is 0 Å². The molecule has 0 saturated heterocycles. The molecule has 1 aromatic heterocycles. The summed E-state index contributed by atoms with van der Waals surface area (Å²) >= 11 is 0. The molecular formula is C21H28F3N3O. The first-order chi connectivity index (χ1) is 13.3. The monoisotopic (exact) mass is 395 g/mol. The topological polar surface area (TPSA) is 38.2 Å². The molecule has 7 heteroatoms. The molecule has 2 aromatic rings. The van der Waals surface area contributed by atoms with Gasteiger partial charge >= 0.3 is 6.18 Å². The number of ether oxygens (including phenoxy) is 1. The number of aromatic nitrogens is 2. The Labute approximate surface area is 164 Å². The summed E-state index contributed by atoms with van der Waals surface area (Å²) < 4.78 is 45.3. The molecule has 1 aromatic carbocycles. The standard InChI is InChI=1S/C21H28F3N3O/c1-5-7-8-13-28-19-18(21(22,23)24)14-25-20(26-19)27(6-2)17-11-9-16(10-12-17)15(3)4/h9-12,14-15H,5-8,13H2,1-4H3. The van der Waals surface area contributed by atoms with Gasteiger partial charge in [0.05, 0.1) is 6.61 Å². The molecule has 0 aliphatic carbocycles. The Hall–Kier alpha value is -2.31. The minimum atomic E-state index is -4.56. The second-order valence-electron chi connectivity index (χ2n) is 6.93. The van der Waals surface area contributed by atoms with Gasteiger partial charge in [-0.2, -0.15) is 18.2 Å². The number of alkyl halides is 3. The Morgan fingerprint density at radius 3 is 2.29 bits per heavy atom. The summed E-state index contributed by atoms with van der Waals surface area (Å²) in [6.45, 7) is 8.85. The molecule has 0 spiro atoms. The molecule has 0 fully saturated rings. The van der Waals surface area contributed by atoms with E-state index in [1.807, 2.05) is 38.1 Å². The number of rotatable bonds is 9. The lowest BCUT2D eigenvalue weighted by Gasteiger charge is -2.23. The van der Waals surface area contributed by atoms with Gasteiger partial charge in [-0.1, -0.05) is 45.7 Å². The predicted molar refractivity (Wildman–Crippen MR) is 105 cm³/mol. The third-order valence-corrected chi connectivity index (χ3v) is 4.46. The lowest BCUT2D eigenvalue weighted by Crippen LogP contribution is -2.21. The van der Waals surface area contributed by atoms with E-state index >= 15 is 0 Å². The summed E-state index contributed by atoms with van der Waals surface area (Å²) in [6.07, 6.45) is -1.22. The summed E-state index contributed by atoms with van der Waals surface area (Å²) in [7, 11) is 0. The fourth-order valence-electron chi connectivity index (χ4n) is 2.79. The highest BCUT2D eigenvalue weighted by molar-refractivity contribution is 5.58. The van der Waals surface area contributed by atoms with Crippen molar-refractivity contribution in [1.29, 1.82) is 0 Å². The van der Waals surface area contributed by atoms with Crippen LogP contribution in [0.1, 0.15) is 64.0 Å². The lowest BCUT2D eigenvalue weighted by molar-refractivity contribution is -0.139. The van der Waals surface area contributed by atoms with Gasteiger partial charge in [0.2, 0.25) is 11.8 Å². The number of hydrogen-bond donors (Lipinski definition) is 0. The number of halogens is 3. The van der Waals surface area contributed by atoms with Gasteiger partial charge < -0.3 is 9.64 Å². The van der Waals surface area contributed by atoms with E-state index in [-0.39, 0.29) is 12.6 Å². The first-order valence-corrected chi connectivity index (χ1v) is 9.72. The first kappa shape index (κ1) is 22.0. The van der Waals surface area contributed by atoms with Crippen LogP contribution < -0.4 is 9.64 Å². The maximum absolute atomic E-state index is 13.3. The molecule has 0 saturated carbocycles. The zero-order valence-corrected chi connectivity index (χ0v) is 16.9. The Morgan fingerprint density at radius 2 is 1.75 bits per heavy atom. The minimum absolute atomic E-state index is 0.193. The summed E-state index contributed by atoms with van der Waals surface area (Å²) in [5.74, 6) is 0.179. The predicted octanol–water partition coefficient (Wildman–Crippen LogP) is 6.35. The van der Waals surface area contributed by atoms with Crippen LogP contribution in [0.4, 0.5) is 24.8 Å². The molecule has 0 radical (unpaired) electrons. The summed E-state index contributed by atoms with van der Waals surface area (Å²) in [4.78, 5) is 9.85. The van der Waals surface area contributed by atoms with Gasteiger partial charge in [-0.3, -0.25) is 0 Å². The molecule has 2 rings (SSSR count). The van der Waals surface area contributed by atoms with Crippen LogP contribution >= 0.6 is 0 Å². The van der Waals surface area contributed by atoms with Crippen molar-refractivity contribution in [2.24, 2.45) is 0 Å². The smallest absolute Gasteiger partial charge is 0.423 e. The van der Waals surface area contributed by atoms with E-state index in [0.29, 0.717) is 18.9 Å². The Bertz CT molecular complexity index is 746. The highest BCUT2D eigenvalue weighted by Gasteiger charge is 2.36. The molecule has 0 amide bonds. The average Bonchev–Trinajstić information content (AvgIpc) is 2.65. The van der Waals surface area contributed by atoms with E-state index in [1.165, 1.54) is 5.56 Å². The lowest BCUT2D eigenvalue weighted by atomic mass is 10.0. The van der Waals surface area contributed by atoms with Crippen LogP contribution in [0, 0.1) is 0 Å². The Morgan fingerprint density at radius 1 is 1.07 bits per heavy atom. The fraction of sp³-hybridized carbons (Fsp3) is 0.524. The molecular weight excluding hydrogens is 367 g/mol. The van der Waals surface area contributed by atoms with E-state index in [2.05, 4.69) is 23.8 Å². The fourth-order valence-corrected chi connectivity index (χ4v) is 2.79. The molecule has 1 heterocycles. The van der Waals surface area contributed by atoms with Crippen LogP contribution in [0.5, 0.6) is 5.88 Å². The number of anilines is 2. The van der Waals surface area contributed by atoms with E-state index in [9.17, 15) is 13.2 Å². The number of benzene rings is 1. The van der Waals surface area contributed by atoms with Crippen molar-refractivity contribution in [1.82, 2.24) is 9.97 Å². The molecule has 4 nitrogen and oxygen atoms in total. The van der Waals surface area contributed by atoms with Crippen molar-refractivity contribution in [2.45, 2.75) is 59.1 Å². The summed E-state index contributed by atoms with van der Waals surface area (Å²) in [5, 5.41) is 0. The third-order valence-electron chi connectivity index (χ3n) is 4.46. The summed E-state index contributed by atoms with van der Waals surface area (Å²) in [5.41, 5.74) is 1.07. The Kier molecular flexibility index (Phi) is 7.66.